The Balaban J connectivity index is 1.25. The lowest BCUT2D eigenvalue weighted by Gasteiger charge is -2.34. The van der Waals surface area contributed by atoms with Gasteiger partial charge in [0.05, 0.1) is 16.7 Å². The van der Waals surface area contributed by atoms with E-state index >= 15 is 0 Å². The molecule has 2 heterocycles. The fourth-order valence-electron chi connectivity index (χ4n) is 4.52. The molecule has 2 aliphatic heterocycles. The van der Waals surface area contributed by atoms with Gasteiger partial charge in [-0.15, -0.1) is 0 Å². The highest BCUT2D eigenvalue weighted by Gasteiger charge is 2.37. The molecule has 4 rings (SSSR count). The average Bonchev–Trinajstić information content (AvgIpc) is 3.30. The highest BCUT2D eigenvalue weighted by molar-refractivity contribution is 7.89. The summed E-state index contributed by atoms with van der Waals surface area (Å²) in [5.41, 5.74) is 1.19. The summed E-state index contributed by atoms with van der Waals surface area (Å²) in [4.78, 5) is 16.7. The lowest BCUT2D eigenvalue weighted by molar-refractivity contribution is -0.138. The number of sulfonamides is 1. The summed E-state index contributed by atoms with van der Waals surface area (Å²) < 4.78 is 33.5. The van der Waals surface area contributed by atoms with Gasteiger partial charge in [0.1, 0.15) is 11.5 Å². The third-order valence-corrected chi connectivity index (χ3v) is 9.55. The first kappa shape index (κ1) is 26.7. The van der Waals surface area contributed by atoms with Crippen molar-refractivity contribution < 1.29 is 17.9 Å². The monoisotopic (exact) mass is 559 g/mol. The van der Waals surface area contributed by atoms with E-state index in [9.17, 15) is 13.2 Å². The normalized spacial score (nSPS) is 19.9. The second kappa shape index (κ2) is 11.8. The number of ether oxygens (including phenoxy) is 1. The molecule has 2 aromatic carbocycles. The van der Waals surface area contributed by atoms with Gasteiger partial charge in [0.15, 0.2) is 0 Å². The Labute approximate surface area is 221 Å². The predicted molar refractivity (Wildman–Crippen MR) is 138 cm³/mol. The maximum atomic E-state index is 13.2. The molecule has 2 aromatic rings. The van der Waals surface area contributed by atoms with E-state index in [4.69, 9.17) is 39.5 Å². The van der Waals surface area contributed by atoms with Gasteiger partial charge in [-0.25, -0.2) is 8.42 Å². The summed E-state index contributed by atoms with van der Waals surface area (Å²) in [7, 11) is -3.87. The van der Waals surface area contributed by atoms with Crippen LogP contribution >= 0.6 is 34.8 Å². The topological polar surface area (TPSA) is 70.2 Å². The lowest BCUT2D eigenvalue weighted by Crippen LogP contribution is -2.49. The summed E-state index contributed by atoms with van der Waals surface area (Å²) in [5, 5.41) is 0.902. The average molecular weight is 561 g/mol. The Kier molecular flexibility index (Phi) is 8.97. The Bertz CT molecular complexity index is 1120. The summed E-state index contributed by atoms with van der Waals surface area (Å²) in [6, 6.07) is 12.1. The van der Waals surface area contributed by atoms with Gasteiger partial charge >= 0.3 is 0 Å². The SMILES string of the molecule is O=C(COCC1CCCN1S(=O)(=O)c1c(Cl)cccc1Cl)N1CCN(Cc2ccc(Cl)cc2)CC1. The van der Waals surface area contributed by atoms with Crippen molar-refractivity contribution in [3.8, 4) is 0 Å². The quantitative estimate of drug-likeness (QED) is 0.485. The van der Waals surface area contributed by atoms with Crippen LogP contribution in [0.1, 0.15) is 18.4 Å². The van der Waals surface area contributed by atoms with Crippen LogP contribution < -0.4 is 0 Å². The van der Waals surface area contributed by atoms with Crippen molar-refractivity contribution in [3.63, 3.8) is 0 Å². The molecule has 0 spiro atoms. The van der Waals surface area contributed by atoms with Crippen LogP contribution in [0.5, 0.6) is 0 Å². The van der Waals surface area contributed by atoms with E-state index in [0.29, 0.717) is 32.5 Å². The number of rotatable bonds is 8. The highest BCUT2D eigenvalue weighted by atomic mass is 35.5. The standard InChI is InChI=1S/C24H28Cl3N3O4S/c25-19-8-6-18(7-9-19)15-28-11-13-29(14-12-28)23(31)17-34-16-20-3-2-10-30(20)35(32,33)24-21(26)4-1-5-22(24)27/h1,4-9,20H,2-3,10-17H2. The van der Waals surface area contributed by atoms with E-state index in [1.807, 2.05) is 24.3 Å². The molecule has 11 heteroatoms. The zero-order chi connectivity index (χ0) is 25.0. The van der Waals surface area contributed by atoms with Crippen molar-refractivity contribution in [2.45, 2.75) is 30.3 Å². The highest BCUT2D eigenvalue weighted by Crippen LogP contribution is 2.34. The van der Waals surface area contributed by atoms with Gasteiger partial charge in [-0.05, 0) is 42.7 Å². The molecule has 2 fully saturated rings. The van der Waals surface area contributed by atoms with Crippen LogP contribution in [0.25, 0.3) is 0 Å². The summed E-state index contributed by atoms with van der Waals surface area (Å²) in [6.07, 6.45) is 1.36. The Morgan fingerprint density at radius 3 is 2.26 bits per heavy atom. The molecule has 0 bridgehead atoms. The Morgan fingerprint density at radius 2 is 1.60 bits per heavy atom. The molecule has 2 saturated heterocycles. The first-order chi connectivity index (χ1) is 16.8. The minimum absolute atomic E-state index is 0.0750. The lowest BCUT2D eigenvalue weighted by atomic mass is 10.2. The molecule has 7 nitrogen and oxygen atoms in total. The van der Waals surface area contributed by atoms with Crippen LogP contribution in [0.15, 0.2) is 47.4 Å². The molecule has 0 saturated carbocycles. The molecule has 0 aromatic heterocycles. The van der Waals surface area contributed by atoms with Crippen LogP contribution in [0, 0.1) is 0 Å². The Morgan fingerprint density at radius 1 is 0.943 bits per heavy atom. The summed E-state index contributed by atoms with van der Waals surface area (Å²) in [5.74, 6) is -0.0855. The number of piperazine rings is 1. The molecular weight excluding hydrogens is 533 g/mol. The van der Waals surface area contributed by atoms with Gasteiger partial charge in [0.2, 0.25) is 15.9 Å². The Hall–Kier alpha value is -1.39. The zero-order valence-corrected chi connectivity index (χ0v) is 22.3. The van der Waals surface area contributed by atoms with Gasteiger partial charge in [0, 0.05) is 50.3 Å². The second-order valence-corrected chi connectivity index (χ2v) is 11.8. The van der Waals surface area contributed by atoms with Crippen LogP contribution in [0.4, 0.5) is 0 Å². The maximum Gasteiger partial charge on any atom is 0.248 e. The van der Waals surface area contributed by atoms with Crippen LogP contribution in [-0.4, -0.2) is 80.4 Å². The second-order valence-electron chi connectivity index (χ2n) is 8.76. The van der Waals surface area contributed by atoms with Crippen molar-refractivity contribution in [2.24, 2.45) is 0 Å². The van der Waals surface area contributed by atoms with E-state index < -0.39 is 10.0 Å². The molecule has 35 heavy (non-hydrogen) atoms. The fraction of sp³-hybridized carbons (Fsp3) is 0.458. The number of hydrogen-bond acceptors (Lipinski definition) is 5. The largest absolute Gasteiger partial charge is 0.370 e. The molecular formula is C24H28Cl3N3O4S. The first-order valence-corrected chi connectivity index (χ1v) is 14.1. The smallest absolute Gasteiger partial charge is 0.248 e. The van der Waals surface area contributed by atoms with Gasteiger partial charge in [-0.1, -0.05) is 53.0 Å². The van der Waals surface area contributed by atoms with Crippen molar-refractivity contribution in [2.75, 3.05) is 45.9 Å². The fourth-order valence-corrected chi connectivity index (χ4v) is 7.42. The zero-order valence-electron chi connectivity index (χ0n) is 19.2. The maximum absolute atomic E-state index is 13.2. The van der Waals surface area contributed by atoms with E-state index in [1.54, 1.807) is 11.0 Å². The molecule has 2 aliphatic rings. The molecule has 1 atom stereocenters. The van der Waals surface area contributed by atoms with Gasteiger partial charge in [-0.3, -0.25) is 9.69 Å². The summed E-state index contributed by atoms with van der Waals surface area (Å²) >= 11 is 18.3. The van der Waals surface area contributed by atoms with E-state index in [1.165, 1.54) is 22.0 Å². The van der Waals surface area contributed by atoms with Crippen molar-refractivity contribution in [3.05, 3.63) is 63.1 Å². The van der Waals surface area contributed by atoms with Crippen LogP contribution in [0.3, 0.4) is 0 Å². The molecule has 1 unspecified atom stereocenters. The number of halogens is 3. The minimum atomic E-state index is -3.87. The van der Waals surface area contributed by atoms with Crippen molar-refractivity contribution in [1.29, 1.82) is 0 Å². The van der Waals surface area contributed by atoms with E-state index in [-0.39, 0.29) is 40.1 Å². The predicted octanol–water partition coefficient (Wildman–Crippen LogP) is 4.16. The number of benzene rings is 2. The number of nitrogens with zero attached hydrogens (tertiary/aromatic N) is 3. The molecule has 0 N–H and O–H groups in total. The third-order valence-electron chi connectivity index (χ3n) is 6.39. The molecule has 1 amide bonds. The van der Waals surface area contributed by atoms with Gasteiger partial charge in [0.25, 0.3) is 0 Å². The number of carbonyl (C=O) groups excluding carboxylic acids is 1. The van der Waals surface area contributed by atoms with Crippen molar-refractivity contribution >= 4 is 50.7 Å². The van der Waals surface area contributed by atoms with Gasteiger partial charge < -0.3 is 9.64 Å². The van der Waals surface area contributed by atoms with Crippen LogP contribution in [0.2, 0.25) is 15.1 Å². The molecule has 0 radical (unpaired) electrons. The number of carbonyl (C=O) groups is 1. The van der Waals surface area contributed by atoms with Crippen LogP contribution in [-0.2, 0) is 26.1 Å². The molecule has 190 valence electrons. The number of hydrogen-bond donors (Lipinski definition) is 0. The minimum Gasteiger partial charge on any atom is -0.370 e. The number of amides is 1. The van der Waals surface area contributed by atoms with E-state index in [2.05, 4.69) is 4.90 Å². The van der Waals surface area contributed by atoms with Crippen molar-refractivity contribution in [1.82, 2.24) is 14.1 Å². The first-order valence-electron chi connectivity index (χ1n) is 11.5. The third kappa shape index (κ3) is 6.49. The van der Waals surface area contributed by atoms with Gasteiger partial charge in [-0.2, -0.15) is 4.31 Å². The van der Waals surface area contributed by atoms with E-state index in [0.717, 1.165) is 24.7 Å². The summed E-state index contributed by atoms with van der Waals surface area (Å²) in [6.45, 7) is 4.06. The molecule has 0 aliphatic carbocycles.